The number of nitrogens with zero attached hydrogens (tertiary/aromatic N) is 3. The van der Waals surface area contributed by atoms with Crippen molar-refractivity contribution >= 4 is 0 Å². The average Bonchev–Trinajstić information content (AvgIpc) is 2.87. The molecule has 2 N–H and O–H groups in total. The van der Waals surface area contributed by atoms with Crippen LogP contribution in [0.2, 0.25) is 0 Å². The van der Waals surface area contributed by atoms with Gasteiger partial charge in [-0.05, 0) is 24.5 Å². The Labute approximate surface area is 106 Å². The molecule has 0 saturated carbocycles. The van der Waals surface area contributed by atoms with Crippen molar-refractivity contribution in [2.45, 2.75) is 33.2 Å². The van der Waals surface area contributed by atoms with Crippen LogP contribution < -0.4 is 5.73 Å². The number of pyridine rings is 1. The van der Waals surface area contributed by atoms with Crippen LogP contribution in [0.3, 0.4) is 0 Å². The van der Waals surface area contributed by atoms with Crippen molar-refractivity contribution in [1.82, 2.24) is 15.1 Å². The van der Waals surface area contributed by atoms with Crippen molar-refractivity contribution in [3.63, 3.8) is 0 Å². The Kier molecular flexibility index (Phi) is 3.72. The third-order valence-corrected chi connectivity index (χ3v) is 3.25. The first kappa shape index (κ1) is 12.7. The molecule has 0 bridgehead atoms. The summed E-state index contributed by atoms with van der Waals surface area (Å²) < 4.78 is 5.25. The standard InChI is InChI=1S/C13H18N4O/c1-4-8(2)11(14)13-16-12(17-18-13)10-5-6-15-7-9(10)3/h5-8,11H,4,14H2,1-3H3/t8?,11-/m0/s1. The van der Waals surface area contributed by atoms with Gasteiger partial charge in [0.1, 0.15) is 0 Å². The largest absolute Gasteiger partial charge is 0.337 e. The molecule has 1 unspecified atom stereocenters. The minimum Gasteiger partial charge on any atom is -0.337 e. The molecule has 0 aliphatic carbocycles. The molecular formula is C13H18N4O. The lowest BCUT2D eigenvalue weighted by atomic mass is 10.0. The first-order chi connectivity index (χ1) is 8.63. The van der Waals surface area contributed by atoms with Crippen LogP contribution in [0.4, 0.5) is 0 Å². The van der Waals surface area contributed by atoms with Crippen molar-refractivity contribution < 1.29 is 4.52 Å². The van der Waals surface area contributed by atoms with Gasteiger partial charge in [0.25, 0.3) is 0 Å². The van der Waals surface area contributed by atoms with Gasteiger partial charge in [-0.3, -0.25) is 4.98 Å². The second-order valence-electron chi connectivity index (χ2n) is 4.56. The van der Waals surface area contributed by atoms with Gasteiger partial charge in [0.15, 0.2) is 0 Å². The van der Waals surface area contributed by atoms with E-state index in [4.69, 9.17) is 10.3 Å². The summed E-state index contributed by atoms with van der Waals surface area (Å²) in [4.78, 5) is 8.42. The van der Waals surface area contributed by atoms with Crippen molar-refractivity contribution in [2.24, 2.45) is 11.7 Å². The smallest absolute Gasteiger partial charge is 0.244 e. The van der Waals surface area contributed by atoms with Crippen LogP contribution in [-0.4, -0.2) is 15.1 Å². The van der Waals surface area contributed by atoms with Crippen LogP contribution in [0.5, 0.6) is 0 Å². The van der Waals surface area contributed by atoms with E-state index < -0.39 is 0 Å². The molecule has 5 nitrogen and oxygen atoms in total. The number of rotatable bonds is 4. The van der Waals surface area contributed by atoms with Gasteiger partial charge < -0.3 is 10.3 Å². The predicted octanol–water partition coefficient (Wildman–Crippen LogP) is 2.49. The second-order valence-corrected chi connectivity index (χ2v) is 4.56. The molecule has 2 atom stereocenters. The normalized spacial score (nSPS) is 14.4. The summed E-state index contributed by atoms with van der Waals surface area (Å²) in [5, 5.41) is 3.99. The summed E-state index contributed by atoms with van der Waals surface area (Å²) in [6.45, 7) is 6.13. The van der Waals surface area contributed by atoms with Crippen molar-refractivity contribution in [1.29, 1.82) is 0 Å². The van der Waals surface area contributed by atoms with Crippen LogP contribution in [0.1, 0.15) is 37.8 Å². The zero-order valence-corrected chi connectivity index (χ0v) is 10.9. The van der Waals surface area contributed by atoms with Crippen molar-refractivity contribution in [3.8, 4) is 11.4 Å². The fraction of sp³-hybridized carbons (Fsp3) is 0.462. The van der Waals surface area contributed by atoms with E-state index in [2.05, 4.69) is 29.0 Å². The maximum atomic E-state index is 6.07. The first-order valence-corrected chi connectivity index (χ1v) is 6.13. The first-order valence-electron chi connectivity index (χ1n) is 6.13. The molecule has 0 fully saturated rings. The third-order valence-electron chi connectivity index (χ3n) is 3.25. The molecule has 0 spiro atoms. The highest BCUT2D eigenvalue weighted by Gasteiger charge is 2.20. The van der Waals surface area contributed by atoms with E-state index in [1.807, 2.05) is 13.0 Å². The van der Waals surface area contributed by atoms with Crippen molar-refractivity contribution in [2.75, 3.05) is 0 Å². The minimum atomic E-state index is -0.210. The predicted molar refractivity (Wildman–Crippen MR) is 68.6 cm³/mol. The summed E-state index contributed by atoms with van der Waals surface area (Å²) in [5.74, 6) is 1.39. The zero-order valence-electron chi connectivity index (χ0n) is 10.9. The molecule has 5 heteroatoms. The Bertz CT molecular complexity index is 523. The number of aryl methyl sites for hydroxylation is 1. The lowest BCUT2D eigenvalue weighted by Crippen LogP contribution is -2.18. The van der Waals surface area contributed by atoms with Crippen LogP contribution in [0.25, 0.3) is 11.4 Å². The quantitative estimate of drug-likeness (QED) is 0.896. The lowest BCUT2D eigenvalue weighted by molar-refractivity contribution is 0.312. The summed E-state index contributed by atoms with van der Waals surface area (Å²) in [7, 11) is 0. The van der Waals surface area contributed by atoms with Crippen molar-refractivity contribution in [3.05, 3.63) is 29.9 Å². The van der Waals surface area contributed by atoms with Gasteiger partial charge in [0, 0.05) is 18.0 Å². The third kappa shape index (κ3) is 2.41. The maximum Gasteiger partial charge on any atom is 0.244 e. The fourth-order valence-electron chi connectivity index (χ4n) is 1.70. The summed E-state index contributed by atoms with van der Waals surface area (Å²) >= 11 is 0. The number of hydrogen-bond donors (Lipinski definition) is 1. The molecule has 2 aromatic heterocycles. The number of hydrogen-bond acceptors (Lipinski definition) is 5. The summed E-state index contributed by atoms with van der Waals surface area (Å²) in [6.07, 6.45) is 4.47. The van der Waals surface area contributed by atoms with E-state index in [1.165, 1.54) is 0 Å². The molecule has 0 amide bonds. The second kappa shape index (κ2) is 5.27. The molecule has 0 aliphatic rings. The molecule has 18 heavy (non-hydrogen) atoms. The Balaban J connectivity index is 2.29. The molecule has 0 aromatic carbocycles. The van der Waals surface area contributed by atoms with E-state index >= 15 is 0 Å². The van der Waals surface area contributed by atoms with Gasteiger partial charge in [-0.1, -0.05) is 25.4 Å². The van der Waals surface area contributed by atoms with Gasteiger partial charge >= 0.3 is 0 Å². The SMILES string of the molecule is CCC(C)[C@H](N)c1nc(-c2ccncc2C)no1. The Hall–Kier alpha value is -1.75. The highest BCUT2D eigenvalue weighted by Crippen LogP contribution is 2.24. The molecular weight excluding hydrogens is 228 g/mol. The Morgan fingerprint density at radius 3 is 2.89 bits per heavy atom. The van der Waals surface area contributed by atoms with Gasteiger partial charge in [-0.2, -0.15) is 4.98 Å². The molecule has 96 valence electrons. The lowest BCUT2D eigenvalue weighted by Gasteiger charge is -2.12. The Morgan fingerprint density at radius 2 is 2.22 bits per heavy atom. The fourth-order valence-corrected chi connectivity index (χ4v) is 1.70. The molecule has 2 rings (SSSR count). The van der Waals surface area contributed by atoms with Crippen LogP contribution in [0, 0.1) is 12.8 Å². The van der Waals surface area contributed by atoms with Crippen LogP contribution >= 0.6 is 0 Å². The zero-order chi connectivity index (χ0) is 13.1. The van der Waals surface area contributed by atoms with Crippen LogP contribution in [0.15, 0.2) is 23.0 Å². The number of aromatic nitrogens is 3. The molecule has 2 heterocycles. The van der Waals surface area contributed by atoms with E-state index in [9.17, 15) is 0 Å². The molecule has 0 aliphatic heterocycles. The highest BCUT2D eigenvalue weighted by atomic mass is 16.5. The highest BCUT2D eigenvalue weighted by molar-refractivity contribution is 5.57. The molecule has 2 aromatic rings. The monoisotopic (exact) mass is 246 g/mol. The van der Waals surface area contributed by atoms with E-state index in [0.717, 1.165) is 17.5 Å². The van der Waals surface area contributed by atoms with Gasteiger partial charge in [0.05, 0.1) is 6.04 Å². The van der Waals surface area contributed by atoms with E-state index in [1.54, 1.807) is 12.4 Å². The number of nitrogens with two attached hydrogens (primary N) is 1. The minimum absolute atomic E-state index is 0.210. The van der Waals surface area contributed by atoms with Gasteiger partial charge in [-0.15, -0.1) is 0 Å². The Morgan fingerprint density at radius 1 is 1.44 bits per heavy atom. The topological polar surface area (TPSA) is 77.8 Å². The molecule has 0 radical (unpaired) electrons. The summed E-state index contributed by atoms with van der Waals surface area (Å²) in [6, 6.07) is 1.66. The van der Waals surface area contributed by atoms with Gasteiger partial charge in [-0.25, -0.2) is 0 Å². The van der Waals surface area contributed by atoms with Gasteiger partial charge in [0.2, 0.25) is 11.7 Å². The maximum absolute atomic E-state index is 6.07. The van der Waals surface area contributed by atoms with E-state index in [0.29, 0.717) is 17.6 Å². The van der Waals surface area contributed by atoms with E-state index in [-0.39, 0.29) is 6.04 Å². The average molecular weight is 246 g/mol. The molecule has 0 saturated heterocycles. The van der Waals surface area contributed by atoms with Crippen LogP contribution in [-0.2, 0) is 0 Å². The summed E-state index contributed by atoms with van der Waals surface area (Å²) in [5.41, 5.74) is 8.01.